The number of hydrazone groups is 1. The van der Waals surface area contributed by atoms with Crippen LogP contribution in [0.2, 0.25) is 0 Å². The Morgan fingerprint density at radius 3 is 2.15 bits per heavy atom. The second-order valence-electron chi connectivity index (χ2n) is 6.15. The lowest BCUT2D eigenvalue weighted by Crippen LogP contribution is -2.23. The molecule has 0 radical (unpaired) electrons. The second kappa shape index (κ2) is 7.14. The molecule has 4 rings (SSSR count). The normalized spacial score (nSPS) is 11.1. The molecule has 0 saturated carbocycles. The fourth-order valence-corrected chi connectivity index (χ4v) is 3.18. The van der Waals surface area contributed by atoms with E-state index in [0.717, 1.165) is 27.4 Å². The summed E-state index contributed by atoms with van der Waals surface area (Å²) >= 11 is 0. The third kappa shape index (κ3) is 3.29. The number of amides is 1. The first-order valence-electron chi connectivity index (χ1n) is 8.54. The van der Waals surface area contributed by atoms with E-state index in [9.17, 15) is 4.79 Å². The predicted octanol–water partition coefficient (Wildman–Crippen LogP) is 3.82. The Bertz CT molecular complexity index is 1140. The van der Waals surface area contributed by atoms with Gasteiger partial charge in [0.05, 0.1) is 17.8 Å². The molecule has 0 saturated heterocycles. The molecule has 0 atom stereocenters. The van der Waals surface area contributed by atoms with Crippen LogP contribution < -0.4 is 5.43 Å². The molecule has 0 aliphatic carbocycles. The highest BCUT2D eigenvalue weighted by atomic mass is 16.2. The van der Waals surface area contributed by atoms with Crippen LogP contribution in [0.3, 0.4) is 0 Å². The first-order valence-corrected chi connectivity index (χ1v) is 8.54. The Labute approximate surface area is 156 Å². The molecular formula is C22H16N4O. The number of benzene rings is 3. The number of fused-ring (bicyclic) bond motifs is 3. The Balaban J connectivity index is 1.54. The number of rotatable bonds is 4. The van der Waals surface area contributed by atoms with E-state index in [-0.39, 0.29) is 12.5 Å². The number of para-hydroxylation sites is 2. The molecule has 0 spiro atoms. The van der Waals surface area contributed by atoms with E-state index >= 15 is 0 Å². The molecule has 1 N–H and O–H groups in total. The van der Waals surface area contributed by atoms with E-state index in [4.69, 9.17) is 5.26 Å². The Kier molecular flexibility index (Phi) is 4.38. The third-order valence-electron chi connectivity index (χ3n) is 4.42. The second-order valence-corrected chi connectivity index (χ2v) is 6.15. The Morgan fingerprint density at radius 2 is 1.56 bits per heavy atom. The van der Waals surface area contributed by atoms with Crippen molar-refractivity contribution >= 4 is 33.9 Å². The average molecular weight is 352 g/mol. The van der Waals surface area contributed by atoms with E-state index in [1.807, 2.05) is 41.0 Å². The molecule has 130 valence electrons. The number of carbonyl (C=O) groups is 1. The van der Waals surface area contributed by atoms with Crippen molar-refractivity contribution in [3.8, 4) is 6.07 Å². The Hall–Kier alpha value is -3.91. The highest BCUT2D eigenvalue weighted by molar-refractivity contribution is 6.08. The lowest BCUT2D eigenvalue weighted by Gasteiger charge is -2.06. The van der Waals surface area contributed by atoms with Crippen LogP contribution in [0.15, 0.2) is 77.9 Å². The van der Waals surface area contributed by atoms with Crippen LogP contribution in [0.1, 0.15) is 11.1 Å². The number of nitriles is 1. The summed E-state index contributed by atoms with van der Waals surface area (Å²) in [4.78, 5) is 12.4. The van der Waals surface area contributed by atoms with Gasteiger partial charge in [-0.2, -0.15) is 10.4 Å². The van der Waals surface area contributed by atoms with E-state index in [2.05, 4.69) is 28.7 Å². The van der Waals surface area contributed by atoms with E-state index < -0.39 is 0 Å². The van der Waals surface area contributed by atoms with E-state index in [1.54, 1.807) is 30.5 Å². The largest absolute Gasteiger partial charge is 0.331 e. The number of aromatic nitrogens is 1. The molecule has 27 heavy (non-hydrogen) atoms. The standard InChI is InChI=1S/C22H16N4O/c23-13-16-9-11-17(12-10-16)14-24-25-22(27)15-26-20-7-3-1-5-18(20)19-6-2-4-8-21(19)26/h1-12,14H,15H2,(H,25,27)/b24-14+. The molecule has 0 fully saturated rings. The summed E-state index contributed by atoms with van der Waals surface area (Å²) in [5.74, 6) is -0.202. The van der Waals surface area contributed by atoms with Crippen LogP contribution in [-0.4, -0.2) is 16.7 Å². The van der Waals surface area contributed by atoms with Gasteiger partial charge in [-0.1, -0.05) is 48.5 Å². The number of carbonyl (C=O) groups excluding carboxylic acids is 1. The summed E-state index contributed by atoms with van der Waals surface area (Å²) in [5.41, 5.74) is 6.01. The molecule has 5 heteroatoms. The van der Waals surface area contributed by atoms with Crippen molar-refractivity contribution in [3.63, 3.8) is 0 Å². The van der Waals surface area contributed by atoms with E-state index in [1.165, 1.54) is 0 Å². The lowest BCUT2D eigenvalue weighted by molar-refractivity contribution is -0.121. The average Bonchev–Trinajstić information content (AvgIpc) is 3.03. The quantitative estimate of drug-likeness (QED) is 0.448. The molecule has 1 aromatic heterocycles. The maximum Gasteiger partial charge on any atom is 0.260 e. The van der Waals surface area contributed by atoms with Crippen molar-refractivity contribution in [1.82, 2.24) is 9.99 Å². The molecule has 1 heterocycles. The maximum atomic E-state index is 12.4. The van der Waals surface area contributed by atoms with Crippen molar-refractivity contribution in [2.75, 3.05) is 0 Å². The fraction of sp³-hybridized carbons (Fsp3) is 0.0455. The van der Waals surface area contributed by atoms with Crippen LogP contribution in [0.5, 0.6) is 0 Å². The van der Waals surface area contributed by atoms with Gasteiger partial charge in [0.1, 0.15) is 6.54 Å². The molecule has 0 aliphatic rings. The topological polar surface area (TPSA) is 70.2 Å². The van der Waals surface area contributed by atoms with Gasteiger partial charge in [-0.25, -0.2) is 5.43 Å². The van der Waals surface area contributed by atoms with Crippen LogP contribution in [0, 0.1) is 11.3 Å². The van der Waals surface area contributed by atoms with Gasteiger partial charge in [0.15, 0.2) is 0 Å². The SMILES string of the molecule is N#Cc1ccc(/C=N/NC(=O)Cn2c3ccccc3c3ccccc32)cc1. The number of nitrogens with one attached hydrogen (secondary N) is 1. The maximum absolute atomic E-state index is 12.4. The molecule has 4 aromatic rings. The summed E-state index contributed by atoms with van der Waals surface area (Å²) in [6, 6.07) is 25.1. The predicted molar refractivity (Wildman–Crippen MR) is 106 cm³/mol. The van der Waals surface area contributed by atoms with Crippen LogP contribution in [0.4, 0.5) is 0 Å². The molecule has 3 aromatic carbocycles. The van der Waals surface area contributed by atoms with E-state index in [0.29, 0.717) is 5.56 Å². The molecule has 0 aliphatic heterocycles. The molecule has 1 amide bonds. The summed E-state index contributed by atoms with van der Waals surface area (Å²) in [5, 5.41) is 15.1. The van der Waals surface area contributed by atoms with Gasteiger partial charge in [-0.15, -0.1) is 0 Å². The van der Waals surface area contributed by atoms with Gasteiger partial charge < -0.3 is 4.57 Å². The highest BCUT2D eigenvalue weighted by Gasteiger charge is 2.12. The summed E-state index contributed by atoms with van der Waals surface area (Å²) in [6.07, 6.45) is 1.56. The smallest absolute Gasteiger partial charge is 0.260 e. The molecular weight excluding hydrogens is 336 g/mol. The van der Waals surface area contributed by atoms with Crippen LogP contribution >= 0.6 is 0 Å². The zero-order chi connectivity index (χ0) is 18.6. The van der Waals surface area contributed by atoms with Gasteiger partial charge in [0, 0.05) is 21.8 Å². The zero-order valence-electron chi connectivity index (χ0n) is 14.5. The fourth-order valence-electron chi connectivity index (χ4n) is 3.18. The Morgan fingerprint density at radius 1 is 0.963 bits per heavy atom. The van der Waals surface area contributed by atoms with Crippen LogP contribution in [-0.2, 0) is 11.3 Å². The first kappa shape index (κ1) is 16.6. The van der Waals surface area contributed by atoms with Crippen LogP contribution in [0.25, 0.3) is 21.8 Å². The summed E-state index contributed by atoms with van der Waals surface area (Å²) < 4.78 is 2.00. The van der Waals surface area contributed by atoms with Crippen molar-refractivity contribution in [3.05, 3.63) is 83.9 Å². The highest BCUT2D eigenvalue weighted by Crippen LogP contribution is 2.28. The molecule has 0 unspecified atom stereocenters. The van der Waals surface area contributed by atoms with Gasteiger partial charge in [-0.3, -0.25) is 4.79 Å². The van der Waals surface area contributed by atoms with Gasteiger partial charge in [0.2, 0.25) is 0 Å². The minimum absolute atomic E-state index is 0.179. The number of nitrogens with zero attached hydrogens (tertiary/aromatic N) is 3. The molecule has 0 bridgehead atoms. The van der Waals surface area contributed by atoms with Gasteiger partial charge >= 0.3 is 0 Å². The van der Waals surface area contributed by atoms with Gasteiger partial charge in [-0.05, 0) is 29.8 Å². The zero-order valence-corrected chi connectivity index (χ0v) is 14.5. The van der Waals surface area contributed by atoms with Crippen molar-refractivity contribution < 1.29 is 4.79 Å². The third-order valence-corrected chi connectivity index (χ3v) is 4.42. The molecule has 5 nitrogen and oxygen atoms in total. The summed E-state index contributed by atoms with van der Waals surface area (Å²) in [7, 11) is 0. The monoisotopic (exact) mass is 352 g/mol. The summed E-state index contributed by atoms with van der Waals surface area (Å²) in [6.45, 7) is 0.179. The number of hydrogen-bond donors (Lipinski definition) is 1. The minimum atomic E-state index is -0.202. The van der Waals surface area contributed by atoms with Crippen molar-refractivity contribution in [2.24, 2.45) is 5.10 Å². The van der Waals surface area contributed by atoms with Gasteiger partial charge in [0.25, 0.3) is 5.91 Å². The minimum Gasteiger partial charge on any atom is -0.331 e. The first-order chi connectivity index (χ1) is 13.3. The lowest BCUT2D eigenvalue weighted by atomic mass is 10.2. The van der Waals surface area contributed by atoms with Crippen molar-refractivity contribution in [1.29, 1.82) is 5.26 Å². The van der Waals surface area contributed by atoms with Crippen molar-refractivity contribution in [2.45, 2.75) is 6.54 Å². The number of hydrogen-bond acceptors (Lipinski definition) is 3.